The Hall–Kier alpha value is -1.62. The Kier molecular flexibility index (Phi) is 7.46. The predicted octanol–water partition coefficient (Wildman–Crippen LogP) is 7.34. The molecule has 180 valence electrons. The highest BCUT2D eigenvalue weighted by Gasteiger charge is 2.46. The number of ketones is 1. The molecule has 0 heterocycles. The zero-order chi connectivity index (χ0) is 24.7. The fourth-order valence-electron chi connectivity index (χ4n) is 4.68. The van der Waals surface area contributed by atoms with Gasteiger partial charge in [0.05, 0.1) is 11.2 Å². The van der Waals surface area contributed by atoms with Crippen molar-refractivity contribution in [1.29, 1.82) is 0 Å². The second kappa shape index (κ2) is 8.96. The van der Waals surface area contributed by atoms with E-state index < -0.39 is 19.1 Å². The summed E-state index contributed by atoms with van der Waals surface area (Å²) in [6.07, 6.45) is 6.41. The minimum absolute atomic E-state index is 0.0223. The summed E-state index contributed by atoms with van der Waals surface area (Å²) in [7, 11) is -1.78. The highest BCUT2D eigenvalue weighted by Crippen LogP contribution is 2.51. The first-order valence-electron chi connectivity index (χ1n) is 11.9. The lowest BCUT2D eigenvalue weighted by atomic mass is 9.62. The molecule has 0 aliphatic heterocycles. The van der Waals surface area contributed by atoms with Crippen LogP contribution in [0.15, 0.2) is 35.3 Å². The smallest absolute Gasteiger partial charge is 0.316 e. The van der Waals surface area contributed by atoms with Crippen LogP contribution in [0.5, 0.6) is 0 Å². The first kappa shape index (κ1) is 26.6. The number of allylic oxidation sites excluding steroid dienone is 5. The number of ether oxygens (including phenoxy) is 1. The van der Waals surface area contributed by atoms with Crippen LogP contribution in [0.4, 0.5) is 0 Å². The topological polar surface area (TPSA) is 52.6 Å². The molecule has 0 unspecified atom stereocenters. The zero-order valence-electron chi connectivity index (χ0n) is 22.0. The predicted molar refractivity (Wildman–Crippen MR) is 133 cm³/mol. The fraction of sp³-hybridized carbons (Fsp3) is 0.704. The molecule has 0 aromatic rings. The van der Waals surface area contributed by atoms with Crippen LogP contribution in [0.3, 0.4) is 0 Å². The molecule has 0 saturated heterocycles. The first-order valence-corrected chi connectivity index (χ1v) is 15.3. The third-order valence-electron chi connectivity index (χ3n) is 7.08. The van der Waals surface area contributed by atoms with Crippen molar-refractivity contribution in [2.24, 2.45) is 22.2 Å². The highest BCUT2D eigenvalue weighted by atomic mass is 28.4. The Morgan fingerprint density at radius 1 is 1.19 bits per heavy atom. The van der Waals surface area contributed by atoms with Gasteiger partial charge in [0.25, 0.3) is 0 Å². The Labute approximate surface area is 196 Å². The average molecular weight is 461 g/mol. The van der Waals surface area contributed by atoms with Crippen molar-refractivity contribution in [1.82, 2.24) is 0 Å². The Balaban J connectivity index is 2.48. The van der Waals surface area contributed by atoms with E-state index in [1.807, 2.05) is 40.7 Å². The lowest BCUT2D eigenvalue weighted by Gasteiger charge is -2.43. The highest BCUT2D eigenvalue weighted by molar-refractivity contribution is 6.70. The summed E-state index contributed by atoms with van der Waals surface area (Å²) in [4.78, 5) is 26.0. The van der Waals surface area contributed by atoms with E-state index >= 15 is 0 Å². The van der Waals surface area contributed by atoms with Crippen molar-refractivity contribution in [3.05, 3.63) is 35.3 Å². The second-order valence-electron chi connectivity index (χ2n) is 12.4. The van der Waals surface area contributed by atoms with Crippen molar-refractivity contribution in [2.75, 3.05) is 0 Å². The number of hydrogen-bond acceptors (Lipinski definition) is 4. The van der Waals surface area contributed by atoms with E-state index in [-0.39, 0.29) is 23.1 Å². The van der Waals surface area contributed by atoms with Gasteiger partial charge < -0.3 is 9.16 Å². The summed E-state index contributed by atoms with van der Waals surface area (Å²) in [6, 6.07) is 0. The third kappa shape index (κ3) is 5.65. The first-order chi connectivity index (χ1) is 14.4. The molecular weight excluding hydrogens is 416 g/mol. The van der Waals surface area contributed by atoms with Crippen molar-refractivity contribution in [2.45, 2.75) is 100 Å². The van der Waals surface area contributed by atoms with Gasteiger partial charge >= 0.3 is 5.97 Å². The van der Waals surface area contributed by atoms with Crippen LogP contribution in [0, 0.1) is 22.2 Å². The molecule has 2 atom stereocenters. The van der Waals surface area contributed by atoms with E-state index in [0.717, 1.165) is 31.4 Å². The van der Waals surface area contributed by atoms with Gasteiger partial charge in [-0.3, -0.25) is 9.59 Å². The lowest BCUT2D eigenvalue weighted by Crippen LogP contribution is -2.41. The molecule has 0 bridgehead atoms. The molecule has 0 radical (unpaired) electrons. The quantitative estimate of drug-likeness (QED) is 0.236. The molecule has 0 aromatic carbocycles. The van der Waals surface area contributed by atoms with Gasteiger partial charge in [-0.25, -0.2) is 0 Å². The van der Waals surface area contributed by atoms with Crippen LogP contribution >= 0.6 is 0 Å². The summed E-state index contributed by atoms with van der Waals surface area (Å²) >= 11 is 0. The fourth-order valence-corrected chi connectivity index (χ4v) is 5.64. The summed E-state index contributed by atoms with van der Waals surface area (Å²) in [5.74, 6) is 1.42. The minimum atomic E-state index is -1.78. The second-order valence-corrected chi connectivity index (χ2v) is 16.9. The van der Waals surface area contributed by atoms with Crippen LogP contribution < -0.4 is 0 Å². The molecule has 2 aliphatic carbocycles. The van der Waals surface area contributed by atoms with Gasteiger partial charge in [0.1, 0.15) is 5.76 Å². The Morgan fingerprint density at radius 3 is 2.28 bits per heavy atom. The minimum Gasteiger partial charge on any atom is -0.547 e. The molecular formula is C27H44O4Si. The monoisotopic (exact) mass is 460 g/mol. The summed E-state index contributed by atoms with van der Waals surface area (Å²) < 4.78 is 12.4. The summed E-state index contributed by atoms with van der Waals surface area (Å²) in [5, 5.41) is 0. The van der Waals surface area contributed by atoms with Crippen LogP contribution in [-0.4, -0.2) is 20.1 Å². The molecule has 4 nitrogen and oxygen atoms in total. The van der Waals surface area contributed by atoms with Crippen molar-refractivity contribution >= 4 is 20.1 Å². The van der Waals surface area contributed by atoms with Crippen molar-refractivity contribution < 1.29 is 18.8 Å². The van der Waals surface area contributed by atoms with E-state index in [1.165, 1.54) is 5.57 Å². The standard InChI is InChI=1S/C27H44O4Si/c1-12-27(8)15-13-14-21(31-32(9,10)11)20(27)16-19-17-22(30-24(29)25(3,4)5)18(2)23(28)26(19,6)7/h12,19H,1,13-17H2,2-11H3/t19-,27-/m1/s1. The van der Waals surface area contributed by atoms with Gasteiger partial charge in [0.2, 0.25) is 8.32 Å². The molecule has 0 spiro atoms. The van der Waals surface area contributed by atoms with Crippen LogP contribution in [0.1, 0.15) is 80.6 Å². The van der Waals surface area contributed by atoms with Crippen LogP contribution in [0.25, 0.3) is 0 Å². The van der Waals surface area contributed by atoms with Gasteiger partial charge in [-0.15, -0.1) is 6.58 Å². The van der Waals surface area contributed by atoms with Gasteiger partial charge in [0, 0.05) is 29.2 Å². The normalized spacial score (nSPS) is 26.8. The molecule has 32 heavy (non-hydrogen) atoms. The summed E-state index contributed by atoms with van der Waals surface area (Å²) in [5.41, 5.74) is 0.535. The van der Waals surface area contributed by atoms with Crippen molar-refractivity contribution in [3.63, 3.8) is 0 Å². The SMILES string of the molecule is C=C[C@]1(C)CCCC(O[Si](C)(C)C)=C1C[C@@H]1CC(OC(=O)C(C)(C)C)=C(C)C(=O)C1(C)C. The average Bonchev–Trinajstić information content (AvgIpc) is 2.64. The maximum Gasteiger partial charge on any atom is 0.316 e. The molecule has 5 heteroatoms. The molecule has 0 fully saturated rings. The van der Waals surface area contributed by atoms with Gasteiger partial charge in [-0.05, 0) is 78.1 Å². The maximum atomic E-state index is 13.4. The van der Waals surface area contributed by atoms with Gasteiger partial charge in [-0.2, -0.15) is 0 Å². The third-order valence-corrected chi connectivity index (χ3v) is 7.94. The van der Waals surface area contributed by atoms with Crippen LogP contribution in [0.2, 0.25) is 19.6 Å². The zero-order valence-corrected chi connectivity index (χ0v) is 23.0. The van der Waals surface area contributed by atoms with Crippen LogP contribution in [-0.2, 0) is 18.8 Å². The Morgan fingerprint density at radius 2 is 1.78 bits per heavy atom. The molecule has 0 N–H and O–H groups in total. The van der Waals surface area contributed by atoms with Gasteiger partial charge in [-0.1, -0.05) is 26.8 Å². The molecule has 2 rings (SSSR count). The number of hydrogen-bond donors (Lipinski definition) is 0. The maximum absolute atomic E-state index is 13.4. The number of esters is 1. The molecule has 0 saturated carbocycles. The van der Waals surface area contributed by atoms with E-state index in [1.54, 1.807) is 6.92 Å². The van der Waals surface area contributed by atoms with E-state index in [0.29, 0.717) is 17.8 Å². The number of Topliss-reactive ketones (excluding diaryl/α,β-unsaturated/α-hetero) is 1. The van der Waals surface area contributed by atoms with E-state index in [2.05, 4.69) is 33.1 Å². The molecule has 0 amide bonds. The van der Waals surface area contributed by atoms with Crippen molar-refractivity contribution in [3.8, 4) is 0 Å². The molecule has 0 aromatic heterocycles. The largest absolute Gasteiger partial charge is 0.547 e. The number of carbonyl (C=O) groups excluding carboxylic acids is 2. The summed E-state index contributed by atoms with van der Waals surface area (Å²) in [6.45, 7) is 24.4. The molecule has 2 aliphatic rings. The number of rotatable bonds is 6. The lowest BCUT2D eigenvalue weighted by molar-refractivity contribution is -0.149. The number of carbonyl (C=O) groups is 2. The van der Waals surface area contributed by atoms with Gasteiger partial charge in [0.15, 0.2) is 5.78 Å². The van der Waals surface area contributed by atoms with E-state index in [4.69, 9.17) is 9.16 Å². The Bertz CT molecular complexity index is 848. The van der Waals surface area contributed by atoms with E-state index in [9.17, 15) is 9.59 Å².